The first-order valence-electron chi connectivity index (χ1n) is 8.19. The molecule has 1 aromatic rings. The molecule has 0 aromatic carbocycles. The van der Waals surface area contributed by atoms with Gasteiger partial charge in [-0.15, -0.1) is 5.10 Å². The Morgan fingerprint density at radius 1 is 1.19 bits per heavy atom. The normalized spacial score (nSPS) is 11.1. The summed E-state index contributed by atoms with van der Waals surface area (Å²) >= 11 is 0. The predicted molar refractivity (Wildman–Crippen MR) is 83.3 cm³/mol. The number of nitrogens with zero attached hydrogens (tertiary/aromatic N) is 3. The van der Waals surface area contributed by atoms with Gasteiger partial charge in [-0.1, -0.05) is 51.7 Å². The number of hydrogen-bond donors (Lipinski definition) is 0. The van der Waals surface area contributed by atoms with Gasteiger partial charge in [-0.05, 0) is 25.7 Å². The van der Waals surface area contributed by atoms with Crippen molar-refractivity contribution in [3.05, 3.63) is 11.4 Å². The Kier molecular flexibility index (Phi) is 8.01. The van der Waals surface area contributed by atoms with Crippen LogP contribution in [0.3, 0.4) is 0 Å². The maximum atomic E-state index is 11.9. The van der Waals surface area contributed by atoms with E-state index in [2.05, 4.69) is 31.1 Å². The van der Waals surface area contributed by atoms with E-state index in [0.29, 0.717) is 18.2 Å². The lowest BCUT2D eigenvalue weighted by Gasteiger charge is -2.10. The number of carbonyl (C=O) groups is 1. The molecule has 0 bridgehead atoms. The first kappa shape index (κ1) is 17.7. The monoisotopic (exact) mass is 295 g/mol. The molecular formula is C16H29N3O2. The summed E-state index contributed by atoms with van der Waals surface area (Å²) in [6.07, 6.45) is 6.87. The molecule has 0 aliphatic heterocycles. The largest absolute Gasteiger partial charge is 0.461 e. The minimum atomic E-state index is -0.356. The third-order valence-electron chi connectivity index (χ3n) is 3.38. The van der Waals surface area contributed by atoms with E-state index in [4.69, 9.17) is 4.74 Å². The molecule has 21 heavy (non-hydrogen) atoms. The number of ether oxygens (including phenoxy) is 1. The minimum absolute atomic E-state index is 0.356. The van der Waals surface area contributed by atoms with Crippen LogP contribution in [0.25, 0.3) is 0 Å². The molecule has 0 unspecified atom stereocenters. The third kappa shape index (κ3) is 5.86. The molecule has 0 radical (unpaired) electrons. The van der Waals surface area contributed by atoms with Crippen molar-refractivity contribution in [2.45, 2.75) is 72.8 Å². The van der Waals surface area contributed by atoms with Crippen LogP contribution >= 0.6 is 0 Å². The molecule has 1 aromatic heterocycles. The third-order valence-corrected chi connectivity index (χ3v) is 3.38. The molecule has 0 aliphatic rings. The number of aryl methyl sites for hydroxylation is 1. The maximum absolute atomic E-state index is 11.9. The van der Waals surface area contributed by atoms with Crippen LogP contribution in [0.4, 0.5) is 0 Å². The van der Waals surface area contributed by atoms with Crippen LogP contribution in [-0.4, -0.2) is 27.6 Å². The van der Waals surface area contributed by atoms with E-state index in [1.54, 1.807) is 6.92 Å². The molecule has 120 valence electrons. The number of carbonyl (C=O) groups excluding carboxylic acids is 1. The quantitative estimate of drug-likeness (QED) is 0.488. The van der Waals surface area contributed by atoms with Gasteiger partial charge in [-0.3, -0.25) is 0 Å². The lowest BCUT2D eigenvalue weighted by atomic mass is 10.1. The first-order valence-corrected chi connectivity index (χ1v) is 8.19. The van der Waals surface area contributed by atoms with Gasteiger partial charge in [0.1, 0.15) is 0 Å². The topological polar surface area (TPSA) is 57.0 Å². The highest BCUT2D eigenvalue weighted by Gasteiger charge is 2.21. The zero-order valence-corrected chi connectivity index (χ0v) is 13.9. The van der Waals surface area contributed by atoms with Crippen molar-refractivity contribution in [1.82, 2.24) is 15.0 Å². The Balaban J connectivity index is 2.71. The second kappa shape index (κ2) is 9.53. The number of hydrogen-bond acceptors (Lipinski definition) is 4. The number of unbranched alkanes of at least 4 members (excludes halogenated alkanes) is 4. The fraction of sp³-hybridized carbons (Fsp3) is 0.812. The summed E-state index contributed by atoms with van der Waals surface area (Å²) in [4.78, 5) is 11.9. The van der Waals surface area contributed by atoms with Crippen LogP contribution in [0.5, 0.6) is 0 Å². The summed E-state index contributed by atoms with van der Waals surface area (Å²) in [5.41, 5.74) is 1.30. The highest BCUT2D eigenvalue weighted by atomic mass is 16.5. The van der Waals surface area contributed by atoms with E-state index in [9.17, 15) is 4.79 Å². The van der Waals surface area contributed by atoms with Crippen LogP contribution in [0.15, 0.2) is 0 Å². The van der Waals surface area contributed by atoms with Crippen molar-refractivity contribution in [3.63, 3.8) is 0 Å². The SMILES string of the molecule is CCCCCCCn1nnc(C(=O)OCC)c1CC(C)C. The van der Waals surface area contributed by atoms with Gasteiger partial charge in [0.2, 0.25) is 0 Å². The molecule has 1 rings (SSSR count). The smallest absolute Gasteiger partial charge is 0.360 e. The molecule has 5 nitrogen and oxygen atoms in total. The van der Waals surface area contributed by atoms with Gasteiger partial charge in [0.25, 0.3) is 0 Å². The van der Waals surface area contributed by atoms with E-state index >= 15 is 0 Å². The lowest BCUT2D eigenvalue weighted by molar-refractivity contribution is 0.0517. The molecule has 1 heterocycles. The van der Waals surface area contributed by atoms with Crippen molar-refractivity contribution in [2.24, 2.45) is 5.92 Å². The fourth-order valence-electron chi connectivity index (χ4n) is 2.32. The van der Waals surface area contributed by atoms with Crippen LogP contribution in [0, 0.1) is 5.92 Å². The van der Waals surface area contributed by atoms with Crippen molar-refractivity contribution in [2.75, 3.05) is 6.61 Å². The summed E-state index contributed by atoms with van der Waals surface area (Å²) in [6, 6.07) is 0. The van der Waals surface area contributed by atoms with E-state index in [1.807, 2.05) is 4.68 Å². The van der Waals surface area contributed by atoms with E-state index in [0.717, 1.165) is 25.1 Å². The van der Waals surface area contributed by atoms with Gasteiger partial charge in [0.15, 0.2) is 5.69 Å². The zero-order valence-electron chi connectivity index (χ0n) is 13.9. The first-order chi connectivity index (χ1) is 10.1. The zero-order chi connectivity index (χ0) is 15.7. The molecule has 0 spiro atoms. The molecule has 0 fully saturated rings. The van der Waals surface area contributed by atoms with E-state index < -0.39 is 0 Å². The summed E-state index contributed by atoms with van der Waals surface area (Å²) in [5, 5.41) is 8.20. The summed E-state index contributed by atoms with van der Waals surface area (Å²) in [7, 11) is 0. The molecular weight excluding hydrogens is 266 g/mol. The second-order valence-electron chi connectivity index (χ2n) is 5.84. The average molecular weight is 295 g/mol. The van der Waals surface area contributed by atoms with Gasteiger partial charge in [0.05, 0.1) is 12.3 Å². The van der Waals surface area contributed by atoms with Crippen LogP contribution < -0.4 is 0 Å². The standard InChI is InChI=1S/C16H29N3O2/c1-5-7-8-9-10-11-19-14(12-13(3)4)15(17-18-19)16(20)21-6-2/h13H,5-12H2,1-4H3. The molecule has 5 heteroatoms. The Bertz CT molecular complexity index is 427. The molecule has 0 amide bonds. The Morgan fingerprint density at radius 2 is 1.90 bits per heavy atom. The van der Waals surface area contributed by atoms with Gasteiger partial charge < -0.3 is 4.74 Å². The van der Waals surface area contributed by atoms with Gasteiger partial charge in [0, 0.05) is 6.54 Å². The average Bonchev–Trinajstić information content (AvgIpc) is 2.81. The second-order valence-corrected chi connectivity index (χ2v) is 5.84. The van der Waals surface area contributed by atoms with Crippen molar-refractivity contribution >= 4 is 5.97 Å². The van der Waals surface area contributed by atoms with Gasteiger partial charge in [-0.2, -0.15) is 0 Å². The Morgan fingerprint density at radius 3 is 2.52 bits per heavy atom. The number of aromatic nitrogens is 3. The number of rotatable bonds is 10. The number of esters is 1. The highest BCUT2D eigenvalue weighted by Crippen LogP contribution is 2.14. The van der Waals surface area contributed by atoms with Crippen molar-refractivity contribution in [3.8, 4) is 0 Å². The molecule has 0 saturated heterocycles. The predicted octanol–water partition coefficient (Wildman–Crippen LogP) is 3.62. The van der Waals surface area contributed by atoms with E-state index in [1.165, 1.54) is 25.7 Å². The fourth-order valence-corrected chi connectivity index (χ4v) is 2.32. The molecule has 0 saturated carbocycles. The Hall–Kier alpha value is -1.39. The maximum Gasteiger partial charge on any atom is 0.360 e. The molecule has 0 N–H and O–H groups in total. The van der Waals surface area contributed by atoms with Crippen LogP contribution in [0.2, 0.25) is 0 Å². The summed E-state index contributed by atoms with van der Waals surface area (Å²) < 4.78 is 6.95. The lowest BCUT2D eigenvalue weighted by Crippen LogP contribution is -2.13. The van der Waals surface area contributed by atoms with Crippen LogP contribution in [0.1, 0.15) is 76.0 Å². The highest BCUT2D eigenvalue weighted by molar-refractivity contribution is 5.88. The summed E-state index contributed by atoms with van der Waals surface area (Å²) in [6.45, 7) is 9.48. The van der Waals surface area contributed by atoms with Crippen LogP contribution in [-0.2, 0) is 17.7 Å². The Labute approximate surface area is 128 Å². The summed E-state index contributed by atoms with van der Waals surface area (Å²) in [5.74, 6) is 0.0981. The van der Waals surface area contributed by atoms with Gasteiger partial charge in [-0.25, -0.2) is 9.48 Å². The van der Waals surface area contributed by atoms with Crippen molar-refractivity contribution in [1.29, 1.82) is 0 Å². The van der Waals surface area contributed by atoms with Gasteiger partial charge >= 0.3 is 5.97 Å². The van der Waals surface area contributed by atoms with E-state index in [-0.39, 0.29) is 5.97 Å². The minimum Gasteiger partial charge on any atom is -0.461 e. The molecule has 0 atom stereocenters. The van der Waals surface area contributed by atoms with Crippen molar-refractivity contribution < 1.29 is 9.53 Å². The molecule has 0 aliphatic carbocycles.